The Morgan fingerprint density at radius 3 is 0.971 bits per heavy atom. The van der Waals surface area contributed by atoms with Gasteiger partial charge in [-0.05, 0) is 133 Å². The molecule has 0 aliphatic carbocycles. The molecular weight excluding hydrogens is 877 g/mol. The summed E-state index contributed by atoms with van der Waals surface area (Å²) in [7, 11) is 4.24. The maximum atomic E-state index is 12.9. The quantitative estimate of drug-likeness (QED) is 0.0353. The second-order valence-corrected chi connectivity index (χ2v) is 19.6. The summed E-state index contributed by atoms with van der Waals surface area (Å²) in [6, 6.07) is 17.6. The lowest BCUT2D eigenvalue weighted by atomic mass is 9.69. The van der Waals surface area contributed by atoms with Crippen LogP contribution in [0.1, 0.15) is 142 Å². The van der Waals surface area contributed by atoms with Gasteiger partial charge in [-0.2, -0.15) is 0 Å². The van der Waals surface area contributed by atoms with E-state index in [-0.39, 0.29) is 51.2 Å². The van der Waals surface area contributed by atoms with E-state index in [0.29, 0.717) is 41.1 Å². The number of rotatable bonds is 20. The molecule has 4 aromatic carbocycles. The normalized spacial score (nSPS) is 12.0. The number of hydrogen-bond donors (Lipinski definition) is 0. The zero-order chi connectivity index (χ0) is 51.0. The Balaban J connectivity index is 1.91. The molecule has 0 saturated carbocycles. The summed E-state index contributed by atoms with van der Waals surface area (Å²) in [5.74, 6) is -1.29. The van der Waals surface area contributed by atoms with Crippen molar-refractivity contribution in [2.75, 3.05) is 41.2 Å². The Morgan fingerprint density at radius 2 is 0.691 bits per heavy atom. The van der Waals surface area contributed by atoms with Crippen LogP contribution in [0, 0.1) is 0 Å². The van der Waals surface area contributed by atoms with Gasteiger partial charge in [-0.3, -0.25) is 14.4 Å². The Bertz CT molecular complexity index is 2400. The predicted octanol–water partition coefficient (Wildman–Crippen LogP) is 8.99. The monoisotopic (exact) mass is 940 g/mol. The van der Waals surface area contributed by atoms with Crippen LogP contribution in [-0.4, -0.2) is 94.7 Å². The predicted molar refractivity (Wildman–Crippen MR) is 253 cm³/mol. The van der Waals surface area contributed by atoms with Crippen molar-refractivity contribution in [3.05, 3.63) is 105 Å². The van der Waals surface area contributed by atoms with E-state index in [0.717, 1.165) is 5.56 Å². The van der Waals surface area contributed by atoms with Gasteiger partial charge in [0.1, 0.15) is 16.8 Å². The van der Waals surface area contributed by atoms with Crippen LogP contribution in [0.15, 0.2) is 60.7 Å². The van der Waals surface area contributed by atoms with Gasteiger partial charge in [-0.25, -0.2) is 14.4 Å². The third kappa shape index (κ3) is 13.2. The molecule has 0 amide bonds. The minimum absolute atomic E-state index is 0.0139. The lowest BCUT2D eigenvalue weighted by molar-refractivity contribution is -0.158. The summed E-state index contributed by atoms with van der Waals surface area (Å²) >= 11 is 0. The van der Waals surface area contributed by atoms with Gasteiger partial charge in [-0.1, -0.05) is 38.1 Å². The molecule has 0 aliphatic rings. The second-order valence-electron chi connectivity index (χ2n) is 19.6. The molecule has 0 radical (unpaired) electrons. The fourth-order valence-electron chi connectivity index (χ4n) is 7.38. The topological polar surface area (TPSA) is 185 Å². The zero-order valence-corrected chi connectivity index (χ0v) is 41.8. The molecule has 4 aromatic rings. The molecule has 366 valence electrons. The summed E-state index contributed by atoms with van der Waals surface area (Å²) in [4.78, 5) is 76.1. The van der Waals surface area contributed by atoms with Crippen molar-refractivity contribution in [2.45, 2.75) is 111 Å². The highest BCUT2D eigenvalue weighted by Crippen LogP contribution is 2.47. The number of hydrogen-bond acceptors (Lipinski definition) is 15. The van der Waals surface area contributed by atoms with E-state index >= 15 is 0 Å². The highest BCUT2D eigenvalue weighted by molar-refractivity contribution is 5.85. The van der Waals surface area contributed by atoms with Gasteiger partial charge < -0.3 is 42.6 Å². The SMILES string of the molecule is COc1cc(C(C)(C)c2ccc(C(C)(c3cc(C=O)c(OCC(=O)OC(C)(C)C)c(OC)c3)c3cc(C=O)c(OCC(=O)OC(C)(C)C)c(OC)c3)cc2)cc(C=O)c1OCC(=O)OC(C)(C)C. The highest BCUT2D eigenvalue weighted by atomic mass is 16.6. The summed E-state index contributed by atoms with van der Waals surface area (Å²) < 4.78 is 51.0. The average molecular weight is 941 g/mol. The fraction of sp³-hybridized carbons (Fsp3) is 0.434. The standard InChI is InChI=1S/C53H64O15/c1-49(2,3)66-43(57)29-63-46-32(26-54)20-37(23-40(46)60-13)52(10,11)35-16-18-36(19-17-35)53(12,38-21-33(27-55)47(41(24-38)61-14)64-30-44(58)67-50(4,5)6)39-22-34(28-56)48(42(25-39)62-15)65-31-45(59)68-51(7,8)9/h16-28H,29-31H2,1-15H3. The number of ether oxygens (including phenoxy) is 9. The number of esters is 3. The van der Waals surface area contributed by atoms with Crippen LogP contribution in [0.5, 0.6) is 34.5 Å². The van der Waals surface area contributed by atoms with E-state index < -0.39 is 65.4 Å². The molecule has 4 rings (SSSR count). The van der Waals surface area contributed by atoms with Crippen LogP contribution in [0.3, 0.4) is 0 Å². The molecule has 0 saturated heterocycles. The Hall–Kier alpha value is -6.90. The lowest BCUT2D eigenvalue weighted by Gasteiger charge is -2.34. The van der Waals surface area contributed by atoms with Crippen molar-refractivity contribution in [1.82, 2.24) is 0 Å². The van der Waals surface area contributed by atoms with Gasteiger partial charge in [0.2, 0.25) is 0 Å². The van der Waals surface area contributed by atoms with Gasteiger partial charge in [-0.15, -0.1) is 0 Å². The van der Waals surface area contributed by atoms with E-state index in [2.05, 4.69) is 0 Å². The number of aldehydes is 3. The minimum Gasteiger partial charge on any atom is -0.493 e. The summed E-state index contributed by atoms with van der Waals surface area (Å²) in [5.41, 5.74) is -0.760. The molecular formula is C53H64O15. The largest absolute Gasteiger partial charge is 0.493 e. The van der Waals surface area contributed by atoms with Gasteiger partial charge in [0.05, 0.1) is 38.0 Å². The molecule has 0 aromatic heterocycles. The first kappa shape index (κ1) is 53.7. The summed E-state index contributed by atoms with van der Waals surface area (Å²) in [5, 5.41) is 0. The van der Waals surface area contributed by atoms with Gasteiger partial charge in [0.15, 0.2) is 73.2 Å². The van der Waals surface area contributed by atoms with Gasteiger partial charge >= 0.3 is 17.9 Å². The number of carbonyl (C=O) groups excluding carboxylic acids is 6. The van der Waals surface area contributed by atoms with Crippen molar-refractivity contribution in [3.8, 4) is 34.5 Å². The molecule has 15 nitrogen and oxygen atoms in total. The van der Waals surface area contributed by atoms with Crippen LogP contribution in [0.2, 0.25) is 0 Å². The van der Waals surface area contributed by atoms with E-state index in [1.54, 1.807) is 98.7 Å². The van der Waals surface area contributed by atoms with Gasteiger partial charge in [0, 0.05) is 10.8 Å². The summed E-state index contributed by atoms with van der Waals surface area (Å²) in [6.07, 6.45) is 1.80. The molecule has 0 fully saturated rings. The first-order chi connectivity index (χ1) is 31.6. The zero-order valence-electron chi connectivity index (χ0n) is 41.8. The Morgan fingerprint density at radius 1 is 0.412 bits per heavy atom. The maximum absolute atomic E-state index is 12.9. The first-order valence-corrected chi connectivity index (χ1v) is 21.8. The molecule has 0 bridgehead atoms. The molecule has 0 atom stereocenters. The van der Waals surface area contributed by atoms with Crippen LogP contribution in [0.25, 0.3) is 0 Å². The van der Waals surface area contributed by atoms with E-state index in [1.165, 1.54) is 21.3 Å². The van der Waals surface area contributed by atoms with Crippen molar-refractivity contribution < 1.29 is 71.4 Å². The number of methoxy groups -OCH3 is 3. The average Bonchev–Trinajstić information content (AvgIpc) is 3.26. The van der Waals surface area contributed by atoms with Crippen LogP contribution < -0.4 is 28.4 Å². The smallest absolute Gasteiger partial charge is 0.344 e. The van der Waals surface area contributed by atoms with E-state index in [9.17, 15) is 28.8 Å². The molecule has 0 aliphatic heterocycles. The fourth-order valence-corrected chi connectivity index (χ4v) is 7.38. The first-order valence-electron chi connectivity index (χ1n) is 21.8. The van der Waals surface area contributed by atoms with E-state index in [1.807, 2.05) is 45.0 Å². The summed E-state index contributed by atoms with van der Waals surface area (Å²) in [6.45, 7) is 19.9. The lowest BCUT2D eigenvalue weighted by Crippen LogP contribution is -2.28. The van der Waals surface area contributed by atoms with Crippen molar-refractivity contribution >= 4 is 36.8 Å². The molecule has 0 spiro atoms. The number of carbonyl (C=O) groups is 6. The Labute approximate surface area is 398 Å². The number of benzene rings is 4. The van der Waals surface area contributed by atoms with Gasteiger partial charge in [0.25, 0.3) is 0 Å². The molecule has 0 N–H and O–H groups in total. The Kier molecular flexibility index (Phi) is 16.9. The van der Waals surface area contributed by atoms with Crippen LogP contribution >= 0.6 is 0 Å². The van der Waals surface area contributed by atoms with Crippen molar-refractivity contribution in [2.24, 2.45) is 0 Å². The molecule has 15 heteroatoms. The molecule has 68 heavy (non-hydrogen) atoms. The van der Waals surface area contributed by atoms with Crippen molar-refractivity contribution in [1.29, 1.82) is 0 Å². The minimum atomic E-state index is -1.22. The third-order valence-electron chi connectivity index (χ3n) is 10.6. The van der Waals surface area contributed by atoms with E-state index in [4.69, 9.17) is 42.6 Å². The molecule has 0 unspecified atom stereocenters. The third-order valence-corrected chi connectivity index (χ3v) is 10.6. The molecule has 0 heterocycles. The van der Waals surface area contributed by atoms with Crippen molar-refractivity contribution in [3.63, 3.8) is 0 Å². The maximum Gasteiger partial charge on any atom is 0.344 e. The highest BCUT2D eigenvalue weighted by Gasteiger charge is 2.37. The van der Waals surface area contributed by atoms with Crippen LogP contribution in [-0.2, 0) is 39.4 Å². The van der Waals surface area contributed by atoms with Crippen LogP contribution in [0.4, 0.5) is 0 Å². The second kappa shape index (κ2) is 21.4.